The van der Waals surface area contributed by atoms with Crippen molar-refractivity contribution >= 4 is 101 Å². The van der Waals surface area contributed by atoms with Gasteiger partial charge in [-0.2, -0.15) is 23.5 Å². The number of aliphatic hydroxyl groups is 1. The second-order valence-corrected chi connectivity index (χ2v) is 24.0. The SMILES string of the molecule is CNC(=O)C1CCN2CC(NC(=O)C(NC(=O)C(CCSC)NC(=O)C(CC(=O)O)NC(=O)C(NC(=O)C(CCC(=O)O)NC(=O)CCCCCNC(=O)CCCCCNC(=O)CCCC[C@H]3SCC4NC(=O)NC43)C(C)C)C(C)O)C(=O)N12. The molecule has 10 unspecified atom stereocenters. The minimum absolute atomic E-state index is 0.00402. The number of hydrogen-bond donors (Lipinski definition) is 14. The molecule has 472 valence electrons. The van der Waals surface area contributed by atoms with Crippen LogP contribution in [0.2, 0.25) is 0 Å². The van der Waals surface area contributed by atoms with Crippen molar-refractivity contribution in [2.45, 2.75) is 196 Å². The van der Waals surface area contributed by atoms with Gasteiger partial charge in [-0.05, 0) is 82.6 Å². The number of carboxylic acid groups (broad SMARTS) is 2. The number of urea groups is 1. The Labute approximate surface area is 497 Å². The van der Waals surface area contributed by atoms with Crippen molar-refractivity contribution in [3.05, 3.63) is 0 Å². The number of nitrogens with one attached hydrogen (secondary N) is 11. The summed E-state index contributed by atoms with van der Waals surface area (Å²) in [5, 5.41) is 61.9. The molecule has 31 heteroatoms. The molecular weight excluding hydrogens is 1140 g/mol. The lowest BCUT2D eigenvalue weighted by atomic mass is 10.0. The van der Waals surface area contributed by atoms with Gasteiger partial charge >= 0.3 is 18.0 Å². The largest absolute Gasteiger partial charge is 0.481 e. The number of carbonyl (C=O) groups is 13. The van der Waals surface area contributed by atoms with E-state index >= 15 is 0 Å². The smallest absolute Gasteiger partial charge is 0.315 e. The van der Waals surface area contributed by atoms with Crippen molar-refractivity contribution in [2.75, 3.05) is 51.0 Å². The van der Waals surface area contributed by atoms with Gasteiger partial charge in [0.05, 0.1) is 24.6 Å². The fraction of sp³-hybridized carbons (Fsp3) is 0.755. The predicted octanol–water partition coefficient (Wildman–Crippen LogP) is -2.32. The highest BCUT2D eigenvalue weighted by atomic mass is 32.2. The molecule has 0 radical (unpaired) electrons. The summed E-state index contributed by atoms with van der Waals surface area (Å²) in [5.41, 5.74) is 0. The molecule has 4 aliphatic heterocycles. The van der Waals surface area contributed by atoms with E-state index in [-0.39, 0.29) is 67.4 Å². The van der Waals surface area contributed by atoms with Gasteiger partial charge in [-0.15, -0.1) is 0 Å². The Morgan fingerprint density at radius 3 is 1.83 bits per heavy atom. The number of hydrazine groups is 1. The molecule has 0 aliphatic carbocycles. The summed E-state index contributed by atoms with van der Waals surface area (Å²) in [6, 6.07) is -9.49. The first kappa shape index (κ1) is 70.0. The van der Waals surface area contributed by atoms with Gasteiger partial charge in [0.15, 0.2) is 0 Å². The number of aliphatic hydroxyl groups excluding tert-OH is 1. The van der Waals surface area contributed by atoms with Crippen LogP contribution in [0, 0.1) is 5.92 Å². The zero-order chi connectivity index (χ0) is 62.0. The lowest BCUT2D eigenvalue weighted by molar-refractivity contribution is -0.145. The van der Waals surface area contributed by atoms with Crippen LogP contribution in [0.5, 0.6) is 0 Å². The summed E-state index contributed by atoms with van der Waals surface area (Å²) in [6.07, 6.45) is 5.51. The van der Waals surface area contributed by atoms with Crippen molar-refractivity contribution in [3.63, 3.8) is 0 Å². The summed E-state index contributed by atoms with van der Waals surface area (Å²) < 4.78 is 0. The van der Waals surface area contributed by atoms with Crippen LogP contribution >= 0.6 is 23.5 Å². The van der Waals surface area contributed by atoms with E-state index in [0.717, 1.165) is 37.9 Å². The van der Waals surface area contributed by atoms with Crippen molar-refractivity contribution in [2.24, 2.45) is 5.92 Å². The second kappa shape index (κ2) is 35.7. The number of rotatable bonds is 39. The molecule has 11 atom stereocenters. The van der Waals surface area contributed by atoms with Gasteiger partial charge in [0.25, 0.3) is 5.91 Å². The van der Waals surface area contributed by atoms with E-state index in [1.807, 2.05) is 11.8 Å². The molecule has 4 rings (SSSR count). The molecule has 14 N–H and O–H groups in total. The van der Waals surface area contributed by atoms with Gasteiger partial charge < -0.3 is 73.8 Å². The third-order valence-corrected chi connectivity index (χ3v) is 16.9. The van der Waals surface area contributed by atoms with E-state index in [9.17, 15) is 77.6 Å². The number of carbonyl (C=O) groups excluding carboxylic acids is 11. The monoisotopic (exact) mass is 1230 g/mol. The number of likely N-dealkylation sites (N-methyl/N-ethyl adjacent to an activating group) is 1. The number of fused-ring (bicyclic) bond motifs is 2. The van der Waals surface area contributed by atoms with Crippen LogP contribution < -0.4 is 58.5 Å². The minimum Gasteiger partial charge on any atom is -0.481 e. The highest BCUT2D eigenvalue weighted by Gasteiger charge is 2.49. The summed E-state index contributed by atoms with van der Waals surface area (Å²) >= 11 is 3.14. The fourth-order valence-corrected chi connectivity index (χ4v) is 12.2. The Bertz CT molecular complexity index is 2340. The van der Waals surface area contributed by atoms with Gasteiger partial charge in [0, 0.05) is 69.9 Å². The normalized spacial score (nSPS) is 21.0. The number of thioether (sulfide) groups is 2. The molecule has 0 aromatic carbocycles. The number of unbranched alkanes of at least 4 members (excludes halogenated alkanes) is 5. The van der Waals surface area contributed by atoms with Crippen LogP contribution in [0.25, 0.3) is 0 Å². The zero-order valence-electron chi connectivity index (χ0n) is 48.6. The molecule has 4 saturated heterocycles. The van der Waals surface area contributed by atoms with Crippen LogP contribution in [0.15, 0.2) is 0 Å². The topological polar surface area (TPSA) is 421 Å². The highest BCUT2D eigenvalue weighted by Crippen LogP contribution is 2.33. The average Bonchev–Trinajstić information content (AvgIpc) is 2.31. The molecule has 0 saturated carbocycles. The number of aliphatic carboxylic acids is 2. The van der Waals surface area contributed by atoms with E-state index < -0.39 is 120 Å². The third kappa shape index (κ3) is 22.8. The molecule has 4 aliphatic rings. The van der Waals surface area contributed by atoms with Crippen molar-refractivity contribution < 1.29 is 77.6 Å². The number of hydrogen-bond acceptors (Lipinski definition) is 17. The maximum absolute atomic E-state index is 13.8. The molecule has 0 spiro atoms. The number of carboxylic acids is 2. The first-order valence-electron chi connectivity index (χ1n) is 28.9. The summed E-state index contributed by atoms with van der Waals surface area (Å²) in [4.78, 5) is 167. The molecule has 0 bridgehead atoms. The first-order chi connectivity index (χ1) is 39.9. The quantitative estimate of drug-likeness (QED) is 0.0227. The van der Waals surface area contributed by atoms with Crippen molar-refractivity contribution in [3.8, 4) is 0 Å². The molecule has 84 heavy (non-hydrogen) atoms. The van der Waals surface area contributed by atoms with Crippen LogP contribution in [0.4, 0.5) is 4.79 Å². The second-order valence-electron chi connectivity index (χ2n) is 21.8. The molecule has 0 aromatic rings. The van der Waals surface area contributed by atoms with Gasteiger partial charge in [-0.3, -0.25) is 62.5 Å². The van der Waals surface area contributed by atoms with Crippen molar-refractivity contribution in [1.82, 2.24) is 68.5 Å². The fourth-order valence-electron chi connectivity index (χ4n) is 10.2. The van der Waals surface area contributed by atoms with Gasteiger partial charge in [0.1, 0.15) is 42.3 Å². The van der Waals surface area contributed by atoms with E-state index in [2.05, 4.69) is 58.5 Å². The van der Waals surface area contributed by atoms with E-state index in [1.165, 1.54) is 44.6 Å². The lowest BCUT2D eigenvalue weighted by Crippen LogP contribution is -2.61. The van der Waals surface area contributed by atoms with Crippen molar-refractivity contribution in [1.29, 1.82) is 0 Å². The maximum atomic E-state index is 13.8. The zero-order valence-corrected chi connectivity index (χ0v) is 50.2. The van der Waals surface area contributed by atoms with E-state index in [0.29, 0.717) is 69.8 Å². The average molecular weight is 1230 g/mol. The van der Waals surface area contributed by atoms with Crippen LogP contribution in [-0.2, 0) is 57.5 Å². The molecular formula is C53H87N13O16S2. The standard InChI is InChI=1S/C53H87N13O16S2/c1-29(2)43(50(79)59-33(26-42(73)74)48(77)58-32(21-25-83-5)47(76)63-44(30(3)67)51(80)60-34-27-65-24-20-36(49(78)54-4)66(65)52(34)81)62-46(75)31(18-19-41(71)72)57-40(70)17-9-7-13-23-55-38(68)15-8-6-12-22-56-39(69)16-11-10-14-37-45-35(28-84-37)61-53(82)64-45/h29-37,43-45,67H,6-28H2,1-5H3,(H,54,78)(H,55,68)(H,56,69)(H,57,70)(H,58,77)(H,59,79)(H,60,80)(H,62,75)(H,63,76)(H,71,72)(H,73,74)(H2,61,64,82)/t30?,31?,32?,33?,34?,35?,36?,37-,43?,44?,45?/m1/s1. The van der Waals surface area contributed by atoms with Gasteiger partial charge in [-0.1, -0.05) is 33.1 Å². The summed E-state index contributed by atoms with van der Waals surface area (Å²) in [5.74, 6) is -9.02. The molecule has 29 nitrogen and oxygen atoms in total. The Balaban J connectivity index is 1.19. The molecule has 12 amide bonds. The Morgan fingerprint density at radius 2 is 1.25 bits per heavy atom. The Morgan fingerprint density at radius 1 is 0.667 bits per heavy atom. The molecule has 4 heterocycles. The Kier molecular flexibility index (Phi) is 29.8. The van der Waals surface area contributed by atoms with E-state index in [1.54, 1.807) is 11.3 Å². The maximum Gasteiger partial charge on any atom is 0.315 e. The molecule has 0 aromatic heterocycles. The lowest BCUT2D eigenvalue weighted by Gasteiger charge is -2.28. The highest BCUT2D eigenvalue weighted by molar-refractivity contribution is 8.00. The summed E-state index contributed by atoms with van der Waals surface area (Å²) in [6.45, 7) is 5.56. The first-order valence-corrected chi connectivity index (χ1v) is 31.3. The van der Waals surface area contributed by atoms with Crippen LogP contribution in [0.1, 0.15) is 130 Å². The summed E-state index contributed by atoms with van der Waals surface area (Å²) in [7, 11) is 1.43. The predicted molar refractivity (Wildman–Crippen MR) is 308 cm³/mol. The van der Waals surface area contributed by atoms with Gasteiger partial charge in [-0.25, -0.2) is 9.80 Å². The Hall–Kier alpha value is -6.47. The van der Waals surface area contributed by atoms with Crippen LogP contribution in [0.3, 0.4) is 0 Å². The molecule has 4 fully saturated rings. The third-order valence-electron chi connectivity index (χ3n) is 14.8. The number of amides is 12. The van der Waals surface area contributed by atoms with E-state index in [4.69, 9.17) is 0 Å². The number of nitrogens with zero attached hydrogens (tertiary/aromatic N) is 2. The minimum atomic E-state index is -1.83. The van der Waals surface area contributed by atoms with Crippen LogP contribution in [-0.4, -0.2) is 219 Å². The van der Waals surface area contributed by atoms with Gasteiger partial charge in [0.2, 0.25) is 53.2 Å².